The van der Waals surface area contributed by atoms with Gasteiger partial charge in [-0.1, -0.05) is 0 Å². The molecule has 0 rings (SSSR count). The largest absolute Gasteiger partial charge is 0.370 e. The number of hydrogen-bond acceptors (Lipinski definition) is 4. The zero-order valence-electron chi connectivity index (χ0n) is 7.17. The summed E-state index contributed by atoms with van der Waals surface area (Å²) in [6.07, 6.45) is 0. The van der Waals surface area contributed by atoms with Crippen LogP contribution in [0.2, 0.25) is 0 Å². The summed E-state index contributed by atoms with van der Waals surface area (Å²) in [6.45, 7) is 0. The summed E-state index contributed by atoms with van der Waals surface area (Å²) in [5, 5.41) is 11.4. The standard InChI is InChI=1S/C4H10N6O3/c1-9(2)4(6)7-3(5)8-13-10(11)12/h1-2H3,(H4,5,6,7,8). The molecule has 0 heterocycles. The number of guanidine groups is 2. The Morgan fingerprint density at radius 2 is 2.08 bits per heavy atom. The van der Waals surface area contributed by atoms with E-state index in [0.29, 0.717) is 0 Å². The quantitative estimate of drug-likeness (QED) is 0.231. The minimum Gasteiger partial charge on any atom is -0.369 e. The van der Waals surface area contributed by atoms with E-state index in [1.807, 2.05) is 0 Å². The Bertz CT molecular complexity index is 246. The fraction of sp³-hybridized carbons (Fsp3) is 0.500. The zero-order valence-corrected chi connectivity index (χ0v) is 7.17. The maximum atomic E-state index is 9.65. The Morgan fingerprint density at radius 3 is 2.46 bits per heavy atom. The molecule has 0 bridgehead atoms. The third-order valence-electron chi connectivity index (χ3n) is 0.888. The van der Waals surface area contributed by atoms with Gasteiger partial charge in [0.2, 0.25) is 5.96 Å². The van der Waals surface area contributed by atoms with Gasteiger partial charge in [-0.25, -0.2) is 10.1 Å². The molecular formula is C4H10N6O3. The van der Waals surface area contributed by atoms with E-state index < -0.39 is 11.0 Å². The van der Waals surface area contributed by atoms with Crippen LogP contribution in [-0.4, -0.2) is 36.0 Å². The van der Waals surface area contributed by atoms with Gasteiger partial charge in [-0.15, -0.1) is 0 Å². The lowest BCUT2D eigenvalue weighted by atomic mass is 10.8. The van der Waals surface area contributed by atoms with Gasteiger partial charge in [-0.05, 0) is 0 Å². The Morgan fingerprint density at radius 1 is 1.54 bits per heavy atom. The second-order valence-corrected chi connectivity index (χ2v) is 2.12. The molecule has 0 saturated carbocycles. The Labute approximate surface area is 73.7 Å². The molecule has 0 amide bonds. The number of nitrogens with zero attached hydrogens (tertiary/aromatic N) is 4. The van der Waals surface area contributed by atoms with E-state index >= 15 is 0 Å². The number of nitrogens with two attached hydrogens (primary N) is 2. The molecule has 0 atom stereocenters. The highest BCUT2D eigenvalue weighted by Crippen LogP contribution is 1.80. The molecule has 0 aliphatic rings. The number of hydrogen-bond donors (Lipinski definition) is 2. The van der Waals surface area contributed by atoms with Crippen molar-refractivity contribution in [1.82, 2.24) is 4.90 Å². The first-order valence-corrected chi connectivity index (χ1v) is 3.10. The molecule has 0 saturated heterocycles. The molecular weight excluding hydrogens is 180 g/mol. The van der Waals surface area contributed by atoms with Gasteiger partial charge in [0, 0.05) is 14.1 Å². The highest BCUT2D eigenvalue weighted by atomic mass is 17.0. The minimum atomic E-state index is -1.12. The van der Waals surface area contributed by atoms with E-state index in [0.717, 1.165) is 0 Å². The van der Waals surface area contributed by atoms with Crippen molar-refractivity contribution < 1.29 is 10.0 Å². The smallest absolute Gasteiger partial charge is 0.369 e. The van der Waals surface area contributed by atoms with E-state index in [1.165, 1.54) is 4.90 Å². The van der Waals surface area contributed by atoms with Crippen LogP contribution in [-0.2, 0) is 4.94 Å². The van der Waals surface area contributed by atoms with Crippen LogP contribution < -0.4 is 11.5 Å². The van der Waals surface area contributed by atoms with E-state index in [-0.39, 0.29) is 5.96 Å². The molecule has 0 unspecified atom stereocenters. The van der Waals surface area contributed by atoms with Crippen LogP contribution in [0.25, 0.3) is 0 Å². The van der Waals surface area contributed by atoms with E-state index in [2.05, 4.69) is 15.1 Å². The molecule has 0 radical (unpaired) electrons. The van der Waals surface area contributed by atoms with Crippen molar-refractivity contribution in [2.75, 3.05) is 14.1 Å². The van der Waals surface area contributed by atoms with Crippen molar-refractivity contribution in [3.8, 4) is 0 Å². The summed E-state index contributed by atoms with van der Waals surface area (Å²) in [4.78, 5) is 18.2. The molecule has 0 spiro atoms. The average Bonchev–Trinajstić information content (AvgIpc) is 2.00. The molecule has 9 nitrogen and oxygen atoms in total. The monoisotopic (exact) mass is 190 g/mol. The maximum Gasteiger partial charge on any atom is 0.370 e. The highest BCUT2D eigenvalue weighted by molar-refractivity contribution is 5.92. The zero-order chi connectivity index (χ0) is 10.4. The van der Waals surface area contributed by atoms with Gasteiger partial charge in [0.1, 0.15) is 5.16 Å². The van der Waals surface area contributed by atoms with Crippen molar-refractivity contribution in [3.63, 3.8) is 0 Å². The van der Waals surface area contributed by atoms with Crippen LogP contribution in [0.5, 0.6) is 0 Å². The van der Waals surface area contributed by atoms with Crippen LogP contribution >= 0.6 is 0 Å². The predicted molar refractivity (Wildman–Crippen MR) is 45.0 cm³/mol. The minimum absolute atomic E-state index is 0.0631. The van der Waals surface area contributed by atoms with Gasteiger partial charge in [0.05, 0.1) is 0 Å². The highest BCUT2D eigenvalue weighted by Gasteiger charge is 2.00. The second-order valence-electron chi connectivity index (χ2n) is 2.12. The number of aliphatic imine (C=N–C) groups is 1. The van der Waals surface area contributed by atoms with Gasteiger partial charge in [-0.2, -0.15) is 9.93 Å². The first kappa shape index (κ1) is 10.9. The molecule has 9 heteroatoms. The van der Waals surface area contributed by atoms with Crippen molar-refractivity contribution in [2.45, 2.75) is 0 Å². The topological polar surface area (TPSA) is 132 Å². The lowest BCUT2D eigenvalue weighted by Gasteiger charge is -2.08. The third-order valence-corrected chi connectivity index (χ3v) is 0.888. The second kappa shape index (κ2) is 4.74. The summed E-state index contributed by atoms with van der Waals surface area (Å²) in [6, 6.07) is 0. The molecule has 13 heavy (non-hydrogen) atoms. The van der Waals surface area contributed by atoms with Crippen molar-refractivity contribution in [3.05, 3.63) is 10.1 Å². The SMILES string of the molecule is CN(C)/C(N)=N\C(N)=N/O[N+](=O)[O-]. The van der Waals surface area contributed by atoms with E-state index in [1.54, 1.807) is 14.1 Å². The molecule has 0 aromatic heterocycles. The van der Waals surface area contributed by atoms with E-state index in [4.69, 9.17) is 11.5 Å². The van der Waals surface area contributed by atoms with Crippen molar-refractivity contribution >= 4 is 11.9 Å². The Hall–Kier alpha value is -2.06. The average molecular weight is 190 g/mol. The lowest BCUT2D eigenvalue weighted by molar-refractivity contribution is -0.760. The molecule has 0 fully saturated rings. The lowest BCUT2D eigenvalue weighted by Crippen LogP contribution is -2.32. The fourth-order valence-electron chi connectivity index (χ4n) is 0.313. The summed E-state index contributed by atoms with van der Waals surface area (Å²) in [5.41, 5.74) is 10.4. The fourth-order valence-corrected chi connectivity index (χ4v) is 0.313. The first-order chi connectivity index (χ1) is 5.93. The van der Waals surface area contributed by atoms with Crippen LogP contribution in [0.1, 0.15) is 0 Å². The van der Waals surface area contributed by atoms with Crippen LogP contribution in [0.15, 0.2) is 10.1 Å². The van der Waals surface area contributed by atoms with Crippen LogP contribution in [0.3, 0.4) is 0 Å². The van der Waals surface area contributed by atoms with Gasteiger partial charge in [-0.3, -0.25) is 0 Å². The summed E-state index contributed by atoms with van der Waals surface area (Å²) in [5.74, 6) is -0.365. The number of oxime groups is 1. The van der Waals surface area contributed by atoms with Gasteiger partial charge in [0.25, 0.3) is 0 Å². The molecule has 0 aromatic rings. The van der Waals surface area contributed by atoms with Crippen LogP contribution in [0.4, 0.5) is 0 Å². The molecule has 0 aromatic carbocycles. The summed E-state index contributed by atoms with van der Waals surface area (Å²) < 4.78 is 0. The van der Waals surface area contributed by atoms with Crippen molar-refractivity contribution in [2.24, 2.45) is 21.6 Å². The van der Waals surface area contributed by atoms with Gasteiger partial charge in [0.15, 0.2) is 5.09 Å². The van der Waals surface area contributed by atoms with Gasteiger partial charge >= 0.3 is 5.96 Å². The Balaban J connectivity index is 4.27. The van der Waals surface area contributed by atoms with Crippen molar-refractivity contribution in [1.29, 1.82) is 0 Å². The molecule has 0 aliphatic heterocycles. The van der Waals surface area contributed by atoms with E-state index in [9.17, 15) is 10.1 Å². The molecule has 74 valence electrons. The normalized spacial score (nSPS) is 12.5. The Kier molecular flexibility index (Phi) is 3.99. The molecule has 4 N–H and O–H groups in total. The summed E-state index contributed by atoms with van der Waals surface area (Å²) >= 11 is 0. The molecule has 0 aliphatic carbocycles. The predicted octanol–water partition coefficient (Wildman–Crippen LogP) is -1.70. The third kappa shape index (κ3) is 5.24. The van der Waals surface area contributed by atoms with Gasteiger partial charge < -0.3 is 16.4 Å². The van der Waals surface area contributed by atoms with Crippen LogP contribution in [0, 0.1) is 10.1 Å². The maximum absolute atomic E-state index is 9.65. The number of rotatable bonds is 2. The summed E-state index contributed by atoms with van der Waals surface area (Å²) in [7, 11) is 3.25. The first-order valence-electron chi connectivity index (χ1n) is 3.10.